The van der Waals surface area contributed by atoms with E-state index < -0.39 is 5.60 Å². The van der Waals surface area contributed by atoms with Gasteiger partial charge >= 0.3 is 6.09 Å². The average molecular weight is 418 g/mol. The van der Waals surface area contributed by atoms with Crippen LogP contribution in [0.25, 0.3) is 0 Å². The molecule has 2 aliphatic heterocycles. The SMILES string of the molecule is CC(C)(C)OC(=O)N1CCC(CC(=O)N2CCC(c3nc(C4CC4)n[nH]3)CC2)CC1. The Hall–Kier alpha value is -2.12. The normalized spacial score (nSPS) is 21.7. The fraction of sp³-hybridized carbons (Fsp3) is 0.818. The van der Waals surface area contributed by atoms with Gasteiger partial charge in [0, 0.05) is 44.4 Å². The summed E-state index contributed by atoms with van der Waals surface area (Å²) in [7, 11) is 0. The van der Waals surface area contributed by atoms with Crippen molar-refractivity contribution in [2.45, 2.75) is 83.2 Å². The zero-order valence-corrected chi connectivity index (χ0v) is 18.5. The molecule has 2 amide bonds. The maximum Gasteiger partial charge on any atom is 0.410 e. The van der Waals surface area contributed by atoms with E-state index in [9.17, 15) is 9.59 Å². The first-order valence-electron chi connectivity index (χ1n) is 11.5. The summed E-state index contributed by atoms with van der Waals surface area (Å²) in [6, 6.07) is 0. The van der Waals surface area contributed by atoms with Crippen molar-refractivity contribution < 1.29 is 14.3 Å². The van der Waals surface area contributed by atoms with E-state index in [0.29, 0.717) is 37.3 Å². The molecule has 1 aromatic rings. The second kappa shape index (κ2) is 8.55. The highest BCUT2D eigenvalue weighted by molar-refractivity contribution is 5.76. The van der Waals surface area contributed by atoms with Crippen molar-refractivity contribution in [2.75, 3.05) is 26.2 Å². The third-order valence-corrected chi connectivity index (χ3v) is 6.43. The van der Waals surface area contributed by atoms with Crippen LogP contribution in [0.15, 0.2) is 0 Å². The number of hydrogen-bond acceptors (Lipinski definition) is 5. The summed E-state index contributed by atoms with van der Waals surface area (Å²) in [5.41, 5.74) is -0.471. The first-order valence-corrected chi connectivity index (χ1v) is 11.5. The number of ether oxygens (including phenoxy) is 1. The molecular formula is C22H35N5O3. The van der Waals surface area contributed by atoms with E-state index >= 15 is 0 Å². The molecule has 1 aromatic heterocycles. The summed E-state index contributed by atoms with van der Waals surface area (Å²) < 4.78 is 5.45. The number of piperidine rings is 2. The maximum atomic E-state index is 12.8. The molecule has 0 spiro atoms. The Morgan fingerprint density at radius 2 is 1.60 bits per heavy atom. The number of nitrogens with one attached hydrogen (secondary N) is 1. The van der Waals surface area contributed by atoms with Crippen LogP contribution in [-0.2, 0) is 9.53 Å². The summed E-state index contributed by atoms with van der Waals surface area (Å²) in [4.78, 5) is 33.5. The Kier molecular flexibility index (Phi) is 6.02. The lowest BCUT2D eigenvalue weighted by Crippen LogP contribution is -2.43. The van der Waals surface area contributed by atoms with Crippen LogP contribution >= 0.6 is 0 Å². The lowest BCUT2D eigenvalue weighted by atomic mass is 9.91. The number of carbonyl (C=O) groups is 2. The van der Waals surface area contributed by atoms with Gasteiger partial charge in [0.1, 0.15) is 11.4 Å². The number of amides is 2. The van der Waals surface area contributed by atoms with Crippen molar-refractivity contribution in [2.24, 2.45) is 5.92 Å². The lowest BCUT2D eigenvalue weighted by Gasteiger charge is -2.35. The summed E-state index contributed by atoms with van der Waals surface area (Å²) in [6.07, 6.45) is 6.38. The molecule has 8 nitrogen and oxygen atoms in total. The first kappa shape index (κ1) is 21.1. The highest BCUT2D eigenvalue weighted by Gasteiger charge is 2.32. The third kappa shape index (κ3) is 5.32. The van der Waals surface area contributed by atoms with Crippen LogP contribution in [0.4, 0.5) is 4.79 Å². The molecular weight excluding hydrogens is 382 g/mol. The van der Waals surface area contributed by atoms with E-state index in [1.807, 2.05) is 25.7 Å². The Morgan fingerprint density at radius 1 is 0.967 bits per heavy atom. The summed E-state index contributed by atoms with van der Waals surface area (Å²) >= 11 is 0. The number of hydrogen-bond donors (Lipinski definition) is 1. The van der Waals surface area contributed by atoms with Gasteiger partial charge < -0.3 is 14.5 Å². The number of nitrogens with zero attached hydrogens (tertiary/aromatic N) is 4. The predicted molar refractivity (Wildman–Crippen MR) is 112 cm³/mol. The van der Waals surface area contributed by atoms with Crippen molar-refractivity contribution in [3.63, 3.8) is 0 Å². The number of carbonyl (C=O) groups excluding carboxylic acids is 2. The van der Waals surface area contributed by atoms with Crippen LogP contribution in [0.3, 0.4) is 0 Å². The molecule has 3 heterocycles. The number of aromatic nitrogens is 3. The van der Waals surface area contributed by atoms with Crippen LogP contribution in [-0.4, -0.2) is 68.8 Å². The zero-order valence-electron chi connectivity index (χ0n) is 18.5. The molecule has 0 radical (unpaired) electrons. The van der Waals surface area contributed by atoms with Gasteiger partial charge in [-0.1, -0.05) is 0 Å². The molecule has 1 aliphatic carbocycles. The van der Waals surface area contributed by atoms with Crippen LogP contribution in [0.2, 0.25) is 0 Å². The Balaban J connectivity index is 1.18. The van der Waals surface area contributed by atoms with Gasteiger partial charge in [0.05, 0.1) is 0 Å². The number of aromatic amines is 1. The van der Waals surface area contributed by atoms with Crippen LogP contribution in [0.1, 0.15) is 89.2 Å². The molecule has 3 fully saturated rings. The molecule has 30 heavy (non-hydrogen) atoms. The van der Waals surface area contributed by atoms with Crippen molar-refractivity contribution in [3.05, 3.63) is 11.6 Å². The summed E-state index contributed by atoms with van der Waals surface area (Å²) in [5.74, 6) is 3.52. The van der Waals surface area contributed by atoms with E-state index in [-0.39, 0.29) is 12.0 Å². The largest absolute Gasteiger partial charge is 0.444 e. The molecule has 0 unspecified atom stereocenters. The Morgan fingerprint density at radius 3 is 2.20 bits per heavy atom. The van der Waals surface area contributed by atoms with E-state index in [4.69, 9.17) is 9.72 Å². The number of rotatable bonds is 4. The third-order valence-electron chi connectivity index (χ3n) is 6.43. The molecule has 3 aliphatic rings. The van der Waals surface area contributed by atoms with Gasteiger partial charge in [0.15, 0.2) is 5.82 Å². The molecule has 166 valence electrons. The topological polar surface area (TPSA) is 91.4 Å². The van der Waals surface area contributed by atoms with Crippen LogP contribution in [0, 0.1) is 5.92 Å². The van der Waals surface area contributed by atoms with E-state index in [0.717, 1.165) is 50.4 Å². The van der Waals surface area contributed by atoms with Gasteiger partial charge in [-0.05, 0) is 65.2 Å². The first-order chi connectivity index (χ1) is 14.3. The minimum Gasteiger partial charge on any atom is -0.444 e. The maximum absolute atomic E-state index is 12.8. The van der Waals surface area contributed by atoms with E-state index in [2.05, 4.69) is 10.2 Å². The minimum absolute atomic E-state index is 0.244. The van der Waals surface area contributed by atoms with E-state index in [1.165, 1.54) is 12.8 Å². The summed E-state index contributed by atoms with van der Waals surface area (Å²) in [6.45, 7) is 8.57. The van der Waals surface area contributed by atoms with E-state index in [1.54, 1.807) is 4.90 Å². The molecule has 2 saturated heterocycles. The molecule has 1 saturated carbocycles. The molecule has 1 N–H and O–H groups in total. The predicted octanol–water partition coefficient (Wildman–Crippen LogP) is 3.43. The van der Waals surface area contributed by atoms with Crippen molar-refractivity contribution in [1.82, 2.24) is 25.0 Å². The van der Waals surface area contributed by atoms with Crippen molar-refractivity contribution in [3.8, 4) is 0 Å². The van der Waals surface area contributed by atoms with Gasteiger partial charge in [0.25, 0.3) is 0 Å². The van der Waals surface area contributed by atoms with Gasteiger partial charge in [0.2, 0.25) is 5.91 Å². The van der Waals surface area contributed by atoms with Gasteiger partial charge in [-0.2, -0.15) is 5.10 Å². The highest BCUT2D eigenvalue weighted by atomic mass is 16.6. The number of likely N-dealkylation sites (tertiary alicyclic amines) is 2. The lowest BCUT2D eigenvalue weighted by molar-refractivity contribution is -0.133. The Bertz CT molecular complexity index is 751. The molecule has 0 bridgehead atoms. The fourth-order valence-electron chi connectivity index (χ4n) is 4.42. The summed E-state index contributed by atoms with van der Waals surface area (Å²) in [5, 5.41) is 7.50. The number of H-pyrrole nitrogens is 1. The van der Waals surface area contributed by atoms with Gasteiger partial charge in [-0.3, -0.25) is 9.89 Å². The molecule has 8 heteroatoms. The van der Waals surface area contributed by atoms with Crippen molar-refractivity contribution in [1.29, 1.82) is 0 Å². The second-order valence-electron chi connectivity index (χ2n) is 10.1. The van der Waals surface area contributed by atoms with Crippen molar-refractivity contribution >= 4 is 12.0 Å². The standard InChI is InChI=1S/C22H35N5O3/c1-22(2,3)30-21(29)27-10-6-15(7-11-27)14-18(28)26-12-8-17(9-13-26)20-23-19(24-25-20)16-4-5-16/h15-17H,4-14H2,1-3H3,(H,23,24,25). The fourth-order valence-corrected chi connectivity index (χ4v) is 4.42. The quantitative estimate of drug-likeness (QED) is 0.810. The highest BCUT2D eigenvalue weighted by Crippen LogP contribution is 2.38. The Labute approximate surface area is 178 Å². The zero-order chi connectivity index (χ0) is 21.3. The smallest absolute Gasteiger partial charge is 0.410 e. The molecule has 0 aromatic carbocycles. The average Bonchev–Trinajstić information content (AvgIpc) is 3.44. The van der Waals surface area contributed by atoms with Crippen LogP contribution in [0.5, 0.6) is 0 Å². The monoisotopic (exact) mass is 417 g/mol. The second-order valence-corrected chi connectivity index (χ2v) is 10.1. The molecule has 0 atom stereocenters. The minimum atomic E-state index is -0.471. The van der Waals surface area contributed by atoms with Gasteiger partial charge in [-0.25, -0.2) is 9.78 Å². The van der Waals surface area contributed by atoms with Crippen LogP contribution < -0.4 is 0 Å². The molecule has 4 rings (SSSR count). The van der Waals surface area contributed by atoms with Gasteiger partial charge in [-0.15, -0.1) is 0 Å².